The molecule has 186 valence electrons. The van der Waals surface area contributed by atoms with E-state index in [0.717, 1.165) is 25.8 Å². The fourth-order valence-corrected chi connectivity index (χ4v) is 5.89. The van der Waals surface area contributed by atoms with Crippen molar-refractivity contribution < 1.29 is 19.1 Å². The van der Waals surface area contributed by atoms with Gasteiger partial charge >= 0.3 is 6.03 Å². The van der Waals surface area contributed by atoms with Crippen LogP contribution in [0.3, 0.4) is 0 Å². The first-order valence-electron chi connectivity index (χ1n) is 12.7. The van der Waals surface area contributed by atoms with Crippen molar-refractivity contribution >= 4 is 17.8 Å². The number of rotatable bonds is 9. The largest absolute Gasteiger partial charge is 0.484 e. The number of benzene rings is 1. The van der Waals surface area contributed by atoms with E-state index in [1.54, 1.807) is 0 Å². The lowest BCUT2D eigenvalue weighted by atomic mass is 9.74. The van der Waals surface area contributed by atoms with Crippen LogP contribution in [0.15, 0.2) is 30.3 Å². The number of hydrogen-bond donors (Lipinski definition) is 1. The summed E-state index contributed by atoms with van der Waals surface area (Å²) in [4.78, 5) is 44.8. The van der Waals surface area contributed by atoms with Gasteiger partial charge < -0.3 is 19.9 Å². The first kappa shape index (κ1) is 24.5. The molecule has 3 aliphatic rings. The molecule has 4 rings (SSSR count). The number of carbonyl (C=O) groups excluding carboxylic acids is 3. The number of piperidine rings is 1. The van der Waals surface area contributed by atoms with E-state index in [0.29, 0.717) is 50.7 Å². The van der Waals surface area contributed by atoms with Crippen LogP contribution in [0.5, 0.6) is 5.75 Å². The molecule has 0 spiro atoms. The van der Waals surface area contributed by atoms with Crippen molar-refractivity contribution in [2.75, 3.05) is 39.8 Å². The number of imide groups is 1. The van der Waals surface area contributed by atoms with Gasteiger partial charge in [-0.25, -0.2) is 4.79 Å². The fraction of sp³-hybridized carbons (Fsp3) is 0.654. The first-order valence-corrected chi connectivity index (χ1v) is 12.7. The van der Waals surface area contributed by atoms with Gasteiger partial charge in [0.1, 0.15) is 11.3 Å². The van der Waals surface area contributed by atoms with Gasteiger partial charge in [0.05, 0.1) is 0 Å². The van der Waals surface area contributed by atoms with E-state index in [1.807, 2.05) is 35.2 Å². The van der Waals surface area contributed by atoms with E-state index in [9.17, 15) is 14.4 Å². The highest BCUT2D eigenvalue weighted by molar-refractivity contribution is 6.07. The van der Waals surface area contributed by atoms with Gasteiger partial charge in [0, 0.05) is 25.7 Å². The Morgan fingerprint density at radius 1 is 1.12 bits per heavy atom. The van der Waals surface area contributed by atoms with Crippen LogP contribution in [-0.2, 0) is 9.59 Å². The molecule has 1 aromatic rings. The smallest absolute Gasteiger partial charge is 0.325 e. The minimum absolute atomic E-state index is 0.00778. The molecular weight excluding hydrogens is 432 g/mol. The number of hydrogen-bond acceptors (Lipinski definition) is 5. The zero-order valence-electron chi connectivity index (χ0n) is 20.5. The molecule has 1 aromatic carbocycles. The van der Waals surface area contributed by atoms with Gasteiger partial charge in [-0.3, -0.25) is 14.5 Å². The predicted octanol–water partition coefficient (Wildman–Crippen LogP) is 2.88. The zero-order valence-corrected chi connectivity index (χ0v) is 20.5. The Labute approximate surface area is 202 Å². The number of ether oxygens (including phenoxy) is 1. The van der Waals surface area contributed by atoms with Crippen molar-refractivity contribution in [1.82, 2.24) is 20.0 Å². The molecule has 0 bridgehead atoms. The molecule has 3 fully saturated rings. The van der Waals surface area contributed by atoms with Crippen LogP contribution in [0.25, 0.3) is 0 Å². The quantitative estimate of drug-likeness (QED) is 0.561. The molecule has 3 saturated heterocycles. The van der Waals surface area contributed by atoms with Crippen LogP contribution in [0, 0.1) is 5.92 Å². The number of urea groups is 1. The van der Waals surface area contributed by atoms with Crippen molar-refractivity contribution in [2.24, 2.45) is 5.92 Å². The van der Waals surface area contributed by atoms with E-state index in [4.69, 9.17) is 4.74 Å². The number of para-hydroxylation sites is 1. The molecule has 8 heteroatoms. The molecule has 1 N–H and O–H groups in total. The predicted molar refractivity (Wildman–Crippen MR) is 129 cm³/mol. The van der Waals surface area contributed by atoms with E-state index < -0.39 is 5.54 Å². The molecule has 34 heavy (non-hydrogen) atoms. The molecular formula is C26H38N4O4. The summed E-state index contributed by atoms with van der Waals surface area (Å²) >= 11 is 0. The lowest BCUT2D eigenvalue weighted by Crippen LogP contribution is -2.56. The second kappa shape index (κ2) is 10.8. The average molecular weight is 471 g/mol. The molecule has 0 radical (unpaired) electrons. The highest BCUT2D eigenvalue weighted by Crippen LogP contribution is 2.37. The summed E-state index contributed by atoms with van der Waals surface area (Å²) in [7, 11) is 2.12. The van der Waals surface area contributed by atoms with E-state index >= 15 is 0 Å². The average Bonchev–Trinajstić information content (AvgIpc) is 3.37. The summed E-state index contributed by atoms with van der Waals surface area (Å²) in [5, 5.41) is 3.11. The van der Waals surface area contributed by atoms with Gasteiger partial charge in [-0.2, -0.15) is 0 Å². The van der Waals surface area contributed by atoms with Crippen molar-refractivity contribution in [3.8, 4) is 5.75 Å². The second-order valence-corrected chi connectivity index (χ2v) is 9.93. The van der Waals surface area contributed by atoms with Crippen LogP contribution >= 0.6 is 0 Å². The van der Waals surface area contributed by atoms with E-state index in [2.05, 4.69) is 24.2 Å². The molecule has 4 amide bonds. The maximum atomic E-state index is 13.6. The van der Waals surface area contributed by atoms with Crippen LogP contribution in [-0.4, -0.2) is 84.0 Å². The Balaban J connectivity index is 1.34. The molecule has 2 atom stereocenters. The Hall–Kier alpha value is -2.61. The Morgan fingerprint density at radius 3 is 2.50 bits per heavy atom. The summed E-state index contributed by atoms with van der Waals surface area (Å²) < 4.78 is 5.62. The summed E-state index contributed by atoms with van der Waals surface area (Å²) in [5.41, 5.74) is -0.844. The number of nitrogens with one attached hydrogen (secondary N) is 1. The second-order valence-electron chi connectivity index (χ2n) is 9.93. The Morgan fingerprint density at radius 2 is 1.85 bits per heavy atom. The minimum atomic E-state index is -0.844. The third kappa shape index (κ3) is 5.06. The highest BCUT2D eigenvalue weighted by atomic mass is 16.5. The lowest BCUT2D eigenvalue weighted by molar-refractivity contribution is -0.137. The van der Waals surface area contributed by atoms with Crippen molar-refractivity contribution in [1.29, 1.82) is 0 Å². The molecule has 0 saturated carbocycles. The van der Waals surface area contributed by atoms with Gasteiger partial charge in [0.15, 0.2) is 6.61 Å². The summed E-state index contributed by atoms with van der Waals surface area (Å²) in [6.45, 7) is 4.76. The van der Waals surface area contributed by atoms with Gasteiger partial charge in [-0.05, 0) is 70.2 Å². The summed E-state index contributed by atoms with van der Waals surface area (Å²) in [5.74, 6) is 0.589. The molecule has 0 aliphatic carbocycles. The van der Waals surface area contributed by atoms with Gasteiger partial charge in [-0.1, -0.05) is 31.5 Å². The van der Waals surface area contributed by atoms with E-state index in [-0.39, 0.29) is 30.4 Å². The highest BCUT2D eigenvalue weighted by Gasteiger charge is 2.55. The van der Waals surface area contributed by atoms with Crippen LogP contribution in [0.1, 0.15) is 51.9 Å². The fourth-order valence-electron chi connectivity index (χ4n) is 5.89. The van der Waals surface area contributed by atoms with Crippen LogP contribution < -0.4 is 10.1 Å². The number of amides is 4. The SMILES string of the molecule is CCC[C@@]1(C2CCN(C(=O)COc3ccccc3)CC2)NC(=O)N(CC[C@H]2CCCN2C)C1=O. The minimum Gasteiger partial charge on any atom is -0.484 e. The Kier molecular flexibility index (Phi) is 7.76. The third-order valence-corrected chi connectivity index (χ3v) is 7.85. The normalized spacial score (nSPS) is 26.2. The first-order chi connectivity index (χ1) is 16.4. The van der Waals surface area contributed by atoms with Crippen LogP contribution in [0.2, 0.25) is 0 Å². The molecule has 0 aromatic heterocycles. The molecule has 0 unspecified atom stereocenters. The molecule has 3 aliphatic heterocycles. The molecule has 8 nitrogen and oxygen atoms in total. The van der Waals surface area contributed by atoms with Gasteiger partial charge in [0.25, 0.3) is 11.8 Å². The monoisotopic (exact) mass is 470 g/mol. The Bertz CT molecular complexity index is 871. The topological polar surface area (TPSA) is 82.2 Å². The third-order valence-electron chi connectivity index (χ3n) is 7.85. The number of likely N-dealkylation sites (tertiary alicyclic amines) is 2. The molecule has 3 heterocycles. The van der Waals surface area contributed by atoms with Gasteiger partial charge in [-0.15, -0.1) is 0 Å². The lowest BCUT2D eigenvalue weighted by Gasteiger charge is -2.41. The van der Waals surface area contributed by atoms with Crippen molar-refractivity contribution in [2.45, 2.75) is 63.5 Å². The van der Waals surface area contributed by atoms with E-state index in [1.165, 1.54) is 11.3 Å². The van der Waals surface area contributed by atoms with Crippen molar-refractivity contribution in [3.63, 3.8) is 0 Å². The standard InChI is InChI=1S/C26H38N4O4/c1-3-14-26(24(32)30(25(33)27-26)18-13-21-8-7-15-28(21)2)20-11-16-29(17-12-20)23(31)19-34-22-9-5-4-6-10-22/h4-6,9-10,20-21H,3,7-8,11-19H2,1-2H3,(H,27,33)/t21-,26+/m1/s1. The summed E-state index contributed by atoms with van der Waals surface area (Å²) in [6, 6.07) is 9.50. The number of carbonyl (C=O) groups is 3. The van der Waals surface area contributed by atoms with Gasteiger partial charge in [0.2, 0.25) is 0 Å². The maximum Gasteiger partial charge on any atom is 0.325 e. The van der Waals surface area contributed by atoms with Crippen LogP contribution in [0.4, 0.5) is 4.79 Å². The number of nitrogens with zero attached hydrogens (tertiary/aromatic N) is 3. The zero-order chi connectivity index (χ0) is 24.1. The summed E-state index contributed by atoms with van der Waals surface area (Å²) in [6.07, 6.45) is 5.97. The van der Waals surface area contributed by atoms with Crippen molar-refractivity contribution in [3.05, 3.63) is 30.3 Å². The maximum absolute atomic E-state index is 13.6.